The molecule has 2 aromatic rings. The number of aliphatic hydroxyl groups excluding tert-OH is 1. The Morgan fingerprint density at radius 2 is 2.15 bits per heavy atom. The van der Waals surface area contributed by atoms with E-state index in [-0.39, 0.29) is 36.2 Å². The van der Waals surface area contributed by atoms with Crippen molar-refractivity contribution >= 4 is 17.5 Å². The fourth-order valence-electron chi connectivity index (χ4n) is 3.19. The Bertz CT molecular complexity index is 857. The molecule has 0 saturated carbocycles. The highest BCUT2D eigenvalue weighted by molar-refractivity contribution is 5.94. The molecule has 9 heteroatoms. The van der Waals surface area contributed by atoms with Crippen LogP contribution < -0.4 is 10.1 Å². The smallest absolute Gasteiger partial charge is 0.316 e. The predicted molar refractivity (Wildman–Crippen MR) is 93.2 cm³/mol. The highest BCUT2D eigenvalue weighted by Gasteiger charge is 2.26. The number of rotatable bonds is 4. The second-order valence-corrected chi connectivity index (χ2v) is 6.69. The topological polar surface area (TPSA) is 118 Å². The number of aliphatic hydroxyl groups is 1. The Hall–Kier alpha value is -2.94. The zero-order valence-corrected chi connectivity index (χ0v) is 14.7. The number of benzene rings is 1. The third-order valence-electron chi connectivity index (χ3n) is 4.75. The van der Waals surface area contributed by atoms with Gasteiger partial charge in [-0.25, -0.2) is 0 Å². The van der Waals surface area contributed by atoms with Crippen molar-refractivity contribution in [3.05, 3.63) is 35.5 Å². The first-order valence-corrected chi connectivity index (χ1v) is 8.94. The summed E-state index contributed by atoms with van der Waals surface area (Å²) in [6, 6.07) is 5.50. The van der Waals surface area contributed by atoms with Gasteiger partial charge in [-0.05, 0) is 30.9 Å². The quantitative estimate of drug-likeness (QED) is 0.826. The van der Waals surface area contributed by atoms with Crippen molar-refractivity contribution in [3.63, 3.8) is 0 Å². The normalized spacial score (nSPS) is 17.4. The third-order valence-corrected chi connectivity index (χ3v) is 4.75. The number of aromatic nitrogens is 2. The van der Waals surface area contributed by atoms with Gasteiger partial charge >= 0.3 is 11.8 Å². The molecule has 4 rings (SSSR count). The maximum absolute atomic E-state index is 12.4. The van der Waals surface area contributed by atoms with Crippen LogP contribution in [0, 0.1) is 0 Å². The van der Waals surface area contributed by atoms with Gasteiger partial charge in [0.1, 0.15) is 5.75 Å². The zero-order valence-electron chi connectivity index (χ0n) is 14.7. The number of amides is 2. The van der Waals surface area contributed by atoms with Crippen LogP contribution in [0.25, 0.3) is 0 Å². The average Bonchev–Trinajstić information content (AvgIpc) is 3.15. The minimum absolute atomic E-state index is 0.00814. The van der Waals surface area contributed by atoms with Crippen molar-refractivity contribution in [2.24, 2.45) is 0 Å². The van der Waals surface area contributed by atoms with E-state index in [9.17, 15) is 14.7 Å². The maximum Gasteiger partial charge on any atom is 0.316 e. The molecule has 142 valence electrons. The minimum Gasteiger partial charge on any atom is -0.485 e. The molecule has 1 saturated heterocycles. The highest BCUT2D eigenvalue weighted by atomic mass is 16.5. The van der Waals surface area contributed by atoms with Crippen molar-refractivity contribution in [3.8, 4) is 5.75 Å². The van der Waals surface area contributed by atoms with E-state index in [1.807, 2.05) is 12.1 Å². The zero-order chi connectivity index (χ0) is 18.8. The number of nitrogens with zero attached hydrogens (tertiary/aromatic N) is 3. The molecule has 2 amide bonds. The Morgan fingerprint density at radius 1 is 1.33 bits per heavy atom. The van der Waals surface area contributed by atoms with Gasteiger partial charge in [0.05, 0.1) is 6.10 Å². The summed E-state index contributed by atoms with van der Waals surface area (Å²) in [4.78, 5) is 29.5. The summed E-state index contributed by atoms with van der Waals surface area (Å²) >= 11 is 0. The lowest BCUT2D eigenvalue weighted by Gasteiger charge is -2.28. The molecule has 0 spiro atoms. The molecular weight excluding hydrogens is 352 g/mol. The summed E-state index contributed by atoms with van der Waals surface area (Å²) in [6.45, 7) is 0.979. The van der Waals surface area contributed by atoms with Crippen LogP contribution >= 0.6 is 0 Å². The van der Waals surface area contributed by atoms with Crippen molar-refractivity contribution < 1.29 is 24.0 Å². The van der Waals surface area contributed by atoms with Gasteiger partial charge in [0.2, 0.25) is 11.7 Å². The molecule has 1 aromatic heterocycles. The van der Waals surface area contributed by atoms with Crippen LogP contribution in [-0.2, 0) is 17.8 Å². The summed E-state index contributed by atoms with van der Waals surface area (Å²) in [5.41, 5.74) is 1.82. The molecule has 0 radical (unpaired) electrons. The number of hydrogen-bond acceptors (Lipinski definition) is 7. The lowest BCUT2D eigenvalue weighted by atomic mass is 10.0. The molecule has 27 heavy (non-hydrogen) atoms. The number of anilines is 1. The Kier molecular flexibility index (Phi) is 4.76. The van der Waals surface area contributed by atoms with Crippen LogP contribution in [0.4, 0.5) is 5.69 Å². The van der Waals surface area contributed by atoms with E-state index in [1.165, 1.54) is 0 Å². The molecule has 3 heterocycles. The number of likely N-dealkylation sites (tertiary alicyclic amines) is 1. The van der Waals surface area contributed by atoms with E-state index in [0.29, 0.717) is 44.5 Å². The number of hydrogen-bond donors (Lipinski definition) is 2. The van der Waals surface area contributed by atoms with Crippen molar-refractivity contribution in [2.45, 2.75) is 38.4 Å². The largest absolute Gasteiger partial charge is 0.485 e. The minimum atomic E-state index is -0.359. The molecule has 0 atom stereocenters. The molecular formula is C18H20N4O5. The summed E-state index contributed by atoms with van der Waals surface area (Å²) in [7, 11) is 0. The summed E-state index contributed by atoms with van der Waals surface area (Å²) in [5.74, 6) is 0.404. The van der Waals surface area contributed by atoms with Gasteiger partial charge in [-0.3, -0.25) is 9.59 Å². The Balaban J connectivity index is 1.36. The number of aryl methyl sites for hydroxylation is 1. The van der Waals surface area contributed by atoms with E-state index in [4.69, 9.17) is 9.26 Å². The molecule has 0 bridgehead atoms. The molecule has 2 aliphatic heterocycles. The molecule has 2 N–H and O–H groups in total. The second-order valence-electron chi connectivity index (χ2n) is 6.69. The summed E-state index contributed by atoms with van der Waals surface area (Å²) in [5, 5.41) is 16.1. The van der Waals surface area contributed by atoms with E-state index < -0.39 is 0 Å². The standard InChI is InChI=1S/C18H20N4O5/c23-12-5-7-22(8-6-12)18(25)17-20-15(21-27-17)10-26-13-3-1-11-2-4-16(24)19-14(11)9-13/h1,3,9,12,23H,2,4-8,10H2,(H,19,24). The van der Waals surface area contributed by atoms with Gasteiger partial charge in [0.15, 0.2) is 6.61 Å². The third kappa shape index (κ3) is 3.92. The van der Waals surface area contributed by atoms with Crippen LogP contribution in [-0.4, -0.2) is 51.2 Å². The predicted octanol–water partition coefficient (Wildman–Crippen LogP) is 1.13. The lowest BCUT2D eigenvalue weighted by Crippen LogP contribution is -2.40. The number of carbonyl (C=O) groups excluding carboxylic acids is 2. The lowest BCUT2D eigenvalue weighted by molar-refractivity contribution is -0.116. The van der Waals surface area contributed by atoms with E-state index in [0.717, 1.165) is 11.3 Å². The first-order valence-electron chi connectivity index (χ1n) is 8.94. The van der Waals surface area contributed by atoms with Crippen LogP contribution in [0.5, 0.6) is 5.75 Å². The van der Waals surface area contributed by atoms with Gasteiger partial charge in [-0.15, -0.1) is 0 Å². The molecule has 1 aromatic carbocycles. The number of carbonyl (C=O) groups is 2. The number of piperidine rings is 1. The number of nitrogens with one attached hydrogen (secondary N) is 1. The van der Waals surface area contributed by atoms with Crippen LogP contribution in [0.3, 0.4) is 0 Å². The van der Waals surface area contributed by atoms with Crippen LogP contribution in [0.2, 0.25) is 0 Å². The van der Waals surface area contributed by atoms with Gasteiger partial charge in [0.25, 0.3) is 0 Å². The number of ether oxygens (including phenoxy) is 1. The van der Waals surface area contributed by atoms with Crippen molar-refractivity contribution in [1.82, 2.24) is 15.0 Å². The molecule has 2 aliphatic rings. The molecule has 0 unspecified atom stereocenters. The fourth-order valence-corrected chi connectivity index (χ4v) is 3.19. The molecule has 1 fully saturated rings. The summed E-state index contributed by atoms with van der Waals surface area (Å²) in [6.07, 6.45) is 1.94. The average molecular weight is 372 g/mol. The molecule has 0 aliphatic carbocycles. The van der Waals surface area contributed by atoms with Crippen LogP contribution in [0.1, 0.15) is 41.3 Å². The van der Waals surface area contributed by atoms with Crippen molar-refractivity contribution in [1.29, 1.82) is 0 Å². The van der Waals surface area contributed by atoms with Gasteiger partial charge in [-0.1, -0.05) is 11.2 Å². The fraction of sp³-hybridized carbons (Fsp3) is 0.444. The summed E-state index contributed by atoms with van der Waals surface area (Å²) < 4.78 is 10.7. The van der Waals surface area contributed by atoms with Gasteiger partial charge < -0.3 is 24.6 Å². The van der Waals surface area contributed by atoms with E-state index >= 15 is 0 Å². The van der Waals surface area contributed by atoms with E-state index in [1.54, 1.807) is 11.0 Å². The number of fused-ring (bicyclic) bond motifs is 1. The molecule has 9 nitrogen and oxygen atoms in total. The Labute approximate surface area is 155 Å². The Morgan fingerprint density at radius 3 is 2.96 bits per heavy atom. The van der Waals surface area contributed by atoms with Gasteiger partial charge in [-0.2, -0.15) is 4.98 Å². The monoisotopic (exact) mass is 372 g/mol. The SMILES string of the molecule is O=C1CCc2ccc(OCc3noc(C(=O)N4CCC(O)CC4)n3)cc2N1. The first-order chi connectivity index (χ1) is 13.1. The highest BCUT2D eigenvalue weighted by Crippen LogP contribution is 2.27. The second kappa shape index (κ2) is 7.36. The van der Waals surface area contributed by atoms with Crippen LogP contribution in [0.15, 0.2) is 22.7 Å². The van der Waals surface area contributed by atoms with Crippen molar-refractivity contribution in [2.75, 3.05) is 18.4 Å². The van der Waals surface area contributed by atoms with E-state index in [2.05, 4.69) is 15.5 Å². The van der Waals surface area contributed by atoms with Gasteiger partial charge in [0, 0.05) is 31.3 Å². The maximum atomic E-state index is 12.4. The first kappa shape index (κ1) is 17.5.